The van der Waals surface area contributed by atoms with E-state index in [0.717, 1.165) is 0 Å². The normalized spacial score (nSPS) is 31.1. The zero-order chi connectivity index (χ0) is 14.5. The van der Waals surface area contributed by atoms with Gasteiger partial charge >= 0.3 is 0 Å². The molecule has 4 N–H and O–H groups in total. The van der Waals surface area contributed by atoms with Crippen LogP contribution in [0, 0.1) is 11.3 Å². The van der Waals surface area contributed by atoms with Crippen LogP contribution in [0.5, 0.6) is 0 Å². The van der Waals surface area contributed by atoms with Crippen molar-refractivity contribution in [1.82, 2.24) is 0 Å². The lowest BCUT2D eigenvalue weighted by molar-refractivity contribution is -0.153. The number of ketones is 2. The lowest BCUT2D eigenvalue weighted by Gasteiger charge is -2.26. The molecule has 0 heterocycles. The van der Waals surface area contributed by atoms with Gasteiger partial charge in [0.25, 0.3) is 0 Å². The molecule has 104 valence electrons. The van der Waals surface area contributed by atoms with Crippen molar-refractivity contribution in [2.45, 2.75) is 51.6 Å². The van der Waals surface area contributed by atoms with Crippen molar-refractivity contribution in [3.8, 4) is 0 Å². The van der Waals surface area contributed by atoms with E-state index in [-0.39, 0.29) is 5.92 Å². The Morgan fingerprint density at radius 1 is 1.11 bits per heavy atom. The first-order valence-corrected chi connectivity index (χ1v) is 5.85. The second-order valence-corrected chi connectivity index (χ2v) is 5.70. The molecule has 0 radical (unpaired) electrons. The van der Waals surface area contributed by atoms with Gasteiger partial charge in [-0.2, -0.15) is 0 Å². The summed E-state index contributed by atoms with van der Waals surface area (Å²) in [5, 5.41) is 38.7. The maximum atomic E-state index is 11.8. The van der Waals surface area contributed by atoms with E-state index in [1.165, 1.54) is 13.8 Å². The molecule has 1 rings (SSSR count). The molecule has 18 heavy (non-hydrogen) atoms. The summed E-state index contributed by atoms with van der Waals surface area (Å²) in [6.07, 6.45) is -5.03. The third kappa shape index (κ3) is 1.89. The van der Waals surface area contributed by atoms with Crippen LogP contribution in [-0.2, 0) is 9.59 Å². The summed E-state index contributed by atoms with van der Waals surface area (Å²) in [5.41, 5.74) is -3.52. The Hall–Kier alpha value is -0.820. The summed E-state index contributed by atoms with van der Waals surface area (Å²) in [7, 11) is 0. The molecular formula is C12H20O6. The Balaban J connectivity index is 2.84. The van der Waals surface area contributed by atoms with Crippen LogP contribution >= 0.6 is 0 Å². The molecule has 0 aromatic rings. The number of Topliss-reactive ketones (excluding diaryl/α,β-unsaturated/α-hetero) is 2. The molecule has 1 aliphatic rings. The lowest BCUT2D eigenvalue weighted by atomic mass is 9.91. The molecule has 0 aliphatic heterocycles. The van der Waals surface area contributed by atoms with Crippen molar-refractivity contribution in [2.75, 3.05) is 0 Å². The highest BCUT2D eigenvalue weighted by atomic mass is 16.4. The van der Waals surface area contributed by atoms with Gasteiger partial charge in [0.15, 0.2) is 11.4 Å². The van der Waals surface area contributed by atoms with E-state index in [1.54, 1.807) is 13.8 Å². The van der Waals surface area contributed by atoms with E-state index < -0.39 is 40.9 Å². The summed E-state index contributed by atoms with van der Waals surface area (Å²) < 4.78 is 0. The van der Waals surface area contributed by atoms with Gasteiger partial charge < -0.3 is 20.4 Å². The molecule has 0 bridgehead atoms. The van der Waals surface area contributed by atoms with Gasteiger partial charge in [-0.15, -0.1) is 0 Å². The van der Waals surface area contributed by atoms with Crippen molar-refractivity contribution >= 4 is 11.6 Å². The molecule has 1 aliphatic carbocycles. The fraction of sp³-hybridized carbons (Fsp3) is 0.833. The number of aliphatic hydroxyl groups excluding tert-OH is 3. The van der Waals surface area contributed by atoms with Crippen molar-refractivity contribution in [1.29, 1.82) is 0 Å². The predicted molar refractivity (Wildman–Crippen MR) is 61.6 cm³/mol. The number of rotatable bonds is 5. The number of hydrogen-bond donors (Lipinski definition) is 4. The van der Waals surface area contributed by atoms with Gasteiger partial charge in [-0.25, -0.2) is 0 Å². The molecule has 0 amide bonds. The van der Waals surface area contributed by atoms with Crippen molar-refractivity contribution < 1.29 is 30.0 Å². The SMILES string of the molecule is CC(C)C(O)[C@@H](O)[C@@H](O)C(=O)[C@@]1(O)C(=O)C1(C)C. The molecule has 0 aromatic heterocycles. The van der Waals surface area contributed by atoms with Crippen LogP contribution in [0.2, 0.25) is 0 Å². The van der Waals surface area contributed by atoms with E-state index >= 15 is 0 Å². The van der Waals surface area contributed by atoms with E-state index in [1.807, 2.05) is 0 Å². The highest BCUT2D eigenvalue weighted by Crippen LogP contribution is 2.52. The number of carbonyl (C=O) groups is 2. The predicted octanol–water partition coefficient (Wildman–Crippen LogP) is -1.37. The molecule has 0 aromatic carbocycles. The van der Waals surface area contributed by atoms with Gasteiger partial charge in [-0.05, 0) is 19.8 Å². The number of aliphatic hydroxyl groups is 4. The Labute approximate surface area is 105 Å². The number of hydrogen-bond acceptors (Lipinski definition) is 6. The highest BCUT2D eigenvalue weighted by Gasteiger charge is 2.76. The average molecular weight is 260 g/mol. The minimum atomic E-state index is -2.26. The van der Waals surface area contributed by atoms with E-state index in [2.05, 4.69) is 0 Å². The first kappa shape index (κ1) is 15.2. The van der Waals surface area contributed by atoms with E-state index in [4.69, 9.17) is 0 Å². The average Bonchev–Trinajstić information content (AvgIpc) is 2.70. The summed E-state index contributed by atoms with van der Waals surface area (Å²) in [4.78, 5) is 23.2. The minimum Gasteiger partial charge on any atom is -0.390 e. The molecule has 6 heteroatoms. The maximum Gasteiger partial charge on any atom is 0.204 e. The zero-order valence-corrected chi connectivity index (χ0v) is 10.9. The standard InChI is InChI=1S/C12H20O6/c1-5(2)6(13)7(14)8(15)9(16)12(18)10(17)11(12,3)4/h5-8,13-15,18H,1-4H3/t6?,7-,8-,12-/m1/s1. The van der Waals surface area contributed by atoms with Crippen LogP contribution in [0.25, 0.3) is 0 Å². The minimum absolute atomic E-state index is 0.375. The first-order valence-electron chi connectivity index (χ1n) is 5.85. The fourth-order valence-corrected chi connectivity index (χ4v) is 1.97. The molecule has 1 unspecified atom stereocenters. The fourth-order valence-electron chi connectivity index (χ4n) is 1.97. The van der Waals surface area contributed by atoms with Crippen LogP contribution in [0.3, 0.4) is 0 Å². The van der Waals surface area contributed by atoms with Crippen LogP contribution in [-0.4, -0.2) is 55.9 Å². The zero-order valence-electron chi connectivity index (χ0n) is 10.9. The Kier molecular flexibility index (Phi) is 3.71. The third-order valence-corrected chi connectivity index (χ3v) is 3.72. The van der Waals surface area contributed by atoms with Gasteiger partial charge in [0, 0.05) is 0 Å². The summed E-state index contributed by atoms with van der Waals surface area (Å²) in [5.74, 6) is -2.23. The molecule has 6 nitrogen and oxygen atoms in total. The Morgan fingerprint density at radius 3 is 1.78 bits per heavy atom. The Morgan fingerprint density at radius 2 is 1.50 bits per heavy atom. The molecule has 1 fully saturated rings. The summed E-state index contributed by atoms with van der Waals surface area (Å²) >= 11 is 0. The second kappa shape index (κ2) is 4.38. The monoisotopic (exact) mass is 260 g/mol. The van der Waals surface area contributed by atoms with Crippen LogP contribution in [0.1, 0.15) is 27.7 Å². The second-order valence-electron chi connectivity index (χ2n) is 5.70. The third-order valence-electron chi connectivity index (χ3n) is 3.72. The molecule has 0 spiro atoms. The summed E-state index contributed by atoms with van der Waals surface area (Å²) in [6.45, 7) is 5.97. The van der Waals surface area contributed by atoms with Crippen LogP contribution in [0.4, 0.5) is 0 Å². The van der Waals surface area contributed by atoms with Gasteiger partial charge in [-0.3, -0.25) is 9.59 Å². The van der Waals surface area contributed by atoms with Gasteiger partial charge in [-0.1, -0.05) is 13.8 Å². The molecule has 0 saturated heterocycles. The molecule has 4 atom stereocenters. The van der Waals surface area contributed by atoms with Crippen molar-refractivity contribution in [2.24, 2.45) is 11.3 Å². The van der Waals surface area contributed by atoms with Gasteiger partial charge in [0.05, 0.1) is 11.5 Å². The first-order chi connectivity index (χ1) is 7.99. The largest absolute Gasteiger partial charge is 0.390 e. The van der Waals surface area contributed by atoms with Gasteiger partial charge in [0.1, 0.15) is 12.2 Å². The Bertz CT molecular complexity index is 375. The smallest absolute Gasteiger partial charge is 0.204 e. The quantitative estimate of drug-likeness (QED) is 0.454. The highest BCUT2D eigenvalue weighted by molar-refractivity contribution is 6.28. The van der Waals surface area contributed by atoms with Crippen molar-refractivity contribution in [3.05, 3.63) is 0 Å². The summed E-state index contributed by atoms with van der Waals surface area (Å²) in [6, 6.07) is 0. The van der Waals surface area contributed by atoms with Crippen LogP contribution < -0.4 is 0 Å². The van der Waals surface area contributed by atoms with Crippen LogP contribution in [0.15, 0.2) is 0 Å². The van der Waals surface area contributed by atoms with E-state index in [9.17, 15) is 30.0 Å². The van der Waals surface area contributed by atoms with Crippen molar-refractivity contribution in [3.63, 3.8) is 0 Å². The lowest BCUT2D eigenvalue weighted by Crippen LogP contribution is -2.50. The maximum absolute atomic E-state index is 11.8. The molecule has 1 saturated carbocycles. The molecular weight excluding hydrogens is 240 g/mol. The topological polar surface area (TPSA) is 115 Å². The van der Waals surface area contributed by atoms with Gasteiger partial charge in [0.2, 0.25) is 5.78 Å². The van der Waals surface area contributed by atoms with E-state index in [0.29, 0.717) is 0 Å². The number of carbonyl (C=O) groups excluding carboxylic acids is 2.